The molecule has 1 atom stereocenters. The molecule has 1 aliphatic heterocycles. The Balaban J connectivity index is 0.00000169. The van der Waals surface area contributed by atoms with Gasteiger partial charge in [0.05, 0.1) is 7.11 Å². The number of rotatable bonds is 6. The van der Waals surface area contributed by atoms with Gasteiger partial charge in [-0.1, -0.05) is 32.0 Å². The maximum atomic E-state index is 5.34. The lowest BCUT2D eigenvalue weighted by Crippen LogP contribution is -2.45. The second-order valence-corrected chi connectivity index (χ2v) is 7.25. The van der Waals surface area contributed by atoms with Gasteiger partial charge in [0.25, 0.3) is 0 Å². The van der Waals surface area contributed by atoms with Crippen molar-refractivity contribution < 1.29 is 4.74 Å². The number of methoxy groups -OCH3 is 1. The smallest absolute Gasteiger partial charge is 0.119 e. The minimum atomic E-state index is 0. The van der Waals surface area contributed by atoms with Crippen molar-refractivity contribution >= 4 is 35.6 Å². The van der Waals surface area contributed by atoms with Crippen LogP contribution in [0.2, 0.25) is 0 Å². The zero-order chi connectivity index (χ0) is 16.9. The minimum Gasteiger partial charge on any atom is -0.497 e. The van der Waals surface area contributed by atoms with Crippen molar-refractivity contribution in [3.63, 3.8) is 0 Å². The molecule has 0 amide bonds. The first-order valence-electron chi connectivity index (χ1n) is 9.20. The SMILES string of the molecule is COc1ccc2cc([C@@H](CCC(C)C)N3CCNCC3)ccc2c1.Cl.Cl. The van der Waals surface area contributed by atoms with Crippen molar-refractivity contribution in [1.82, 2.24) is 10.2 Å². The van der Waals surface area contributed by atoms with Gasteiger partial charge in [0.2, 0.25) is 0 Å². The average Bonchev–Trinajstić information content (AvgIpc) is 2.62. The largest absolute Gasteiger partial charge is 0.497 e. The topological polar surface area (TPSA) is 24.5 Å². The second-order valence-electron chi connectivity index (χ2n) is 7.25. The minimum absolute atomic E-state index is 0. The van der Waals surface area contributed by atoms with E-state index in [1.54, 1.807) is 7.11 Å². The number of benzene rings is 2. The summed E-state index contributed by atoms with van der Waals surface area (Å²) < 4.78 is 5.34. The van der Waals surface area contributed by atoms with Gasteiger partial charge in [-0.15, -0.1) is 24.8 Å². The molecule has 1 aliphatic rings. The first-order valence-corrected chi connectivity index (χ1v) is 9.20. The summed E-state index contributed by atoms with van der Waals surface area (Å²) in [5.41, 5.74) is 1.45. The van der Waals surface area contributed by atoms with E-state index < -0.39 is 0 Å². The third kappa shape index (κ3) is 5.75. The summed E-state index contributed by atoms with van der Waals surface area (Å²) in [7, 11) is 1.72. The zero-order valence-corrected chi connectivity index (χ0v) is 17.7. The van der Waals surface area contributed by atoms with E-state index in [2.05, 4.69) is 60.5 Å². The summed E-state index contributed by atoms with van der Waals surface area (Å²) in [6, 6.07) is 13.8. The van der Waals surface area contributed by atoms with Gasteiger partial charge < -0.3 is 10.1 Å². The molecule has 0 aromatic heterocycles. The highest BCUT2D eigenvalue weighted by molar-refractivity contribution is 5.86. The third-order valence-electron chi connectivity index (χ3n) is 5.07. The summed E-state index contributed by atoms with van der Waals surface area (Å²) in [4.78, 5) is 2.66. The van der Waals surface area contributed by atoms with Crippen molar-refractivity contribution in [2.75, 3.05) is 33.3 Å². The first kappa shape index (κ1) is 23.0. The fourth-order valence-corrected chi connectivity index (χ4v) is 3.62. The summed E-state index contributed by atoms with van der Waals surface area (Å²) >= 11 is 0. The Morgan fingerprint density at radius 3 is 2.27 bits per heavy atom. The fourth-order valence-electron chi connectivity index (χ4n) is 3.62. The number of nitrogens with one attached hydrogen (secondary N) is 1. The molecule has 0 unspecified atom stereocenters. The average molecular weight is 399 g/mol. The van der Waals surface area contributed by atoms with E-state index in [9.17, 15) is 0 Å². The molecule has 1 heterocycles. The molecule has 1 N–H and O–H groups in total. The van der Waals surface area contributed by atoms with E-state index >= 15 is 0 Å². The van der Waals surface area contributed by atoms with Crippen LogP contribution < -0.4 is 10.1 Å². The van der Waals surface area contributed by atoms with Gasteiger partial charge >= 0.3 is 0 Å². The van der Waals surface area contributed by atoms with Crippen LogP contribution in [0.5, 0.6) is 5.75 Å². The van der Waals surface area contributed by atoms with Gasteiger partial charge in [0.15, 0.2) is 0 Å². The second kappa shape index (κ2) is 11.0. The molecule has 3 rings (SSSR count). The molecule has 0 bridgehead atoms. The Morgan fingerprint density at radius 1 is 0.962 bits per heavy atom. The van der Waals surface area contributed by atoms with E-state index in [0.717, 1.165) is 37.8 Å². The standard InChI is InChI=1S/C21H30N2O.2ClH/c1-16(2)4-9-21(23-12-10-22-11-13-23)19-6-5-18-15-20(24-3)8-7-17(18)14-19;;/h5-8,14-16,21-22H,4,9-13H2,1-3H3;2*1H/t21-;;/m1../s1. The molecule has 0 aliphatic carbocycles. The fraction of sp³-hybridized carbons (Fsp3) is 0.524. The number of hydrogen-bond donors (Lipinski definition) is 1. The molecule has 26 heavy (non-hydrogen) atoms. The van der Waals surface area contributed by atoms with Crippen LogP contribution in [0.15, 0.2) is 36.4 Å². The van der Waals surface area contributed by atoms with E-state index in [1.807, 2.05) is 0 Å². The van der Waals surface area contributed by atoms with Crippen LogP contribution in [0.4, 0.5) is 0 Å². The predicted octanol–water partition coefficient (Wildman–Crippen LogP) is 5.07. The zero-order valence-electron chi connectivity index (χ0n) is 16.0. The van der Waals surface area contributed by atoms with E-state index in [0.29, 0.717) is 6.04 Å². The Hall–Kier alpha value is -1.000. The molecule has 146 valence electrons. The maximum absolute atomic E-state index is 5.34. The maximum Gasteiger partial charge on any atom is 0.119 e. The van der Waals surface area contributed by atoms with Gasteiger partial charge in [0.1, 0.15) is 5.75 Å². The van der Waals surface area contributed by atoms with Crippen molar-refractivity contribution in [3.8, 4) is 5.75 Å². The highest BCUT2D eigenvalue weighted by Crippen LogP contribution is 2.31. The lowest BCUT2D eigenvalue weighted by Gasteiger charge is -2.36. The van der Waals surface area contributed by atoms with Gasteiger partial charge in [-0.25, -0.2) is 0 Å². The number of ether oxygens (including phenoxy) is 1. The Morgan fingerprint density at radius 2 is 1.62 bits per heavy atom. The van der Waals surface area contributed by atoms with Crippen LogP contribution in [0.1, 0.15) is 38.3 Å². The summed E-state index contributed by atoms with van der Waals surface area (Å²) in [5.74, 6) is 1.67. The Bertz CT molecular complexity index is 672. The summed E-state index contributed by atoms with van der Waals surface area (Å²) in [6.07, 6.45) is 2.51. The van der Waals surface area contributed by atoms with E-state index in [1.165, 1.54) is 29.2 Å². The van der Waals surface area contributed by atoms with Crippen LogP contribution in [0, 0.1) is 5.92 Å². The molecule has 2 aromatic rings. The normalized spacial score (nSPS) is 16.0. The molecular weight excluding hydrogens is 367 g/mol. The quantitative estimate of drug-likeness (QED) is 0.734. The third-order valence-corrected chi connectivity index (χ3v) is 5.07. The van der Waals surface area contributed by atoms with Crippen LogP contribution in [-0.4, -0.2) is 38.2 Å². The number of piperazine rings is 1. The van der Waals surface area contributed by atoms with E-state index in [4.69, 9.17) is 4.74 Å². The summed E-state index contributed by atoms with van der Waals surface area (Å²) in [5, 5.41) is 6.03. The molecule has 1 saturated heterocycles. The molecule has 0 spiro atoms. The molecule has 5 heteroatoms. The molecule has 0 radical (unpaired) electrons. The van der Waals surface area contributed by atoms with Crippen LogP contribution >= 0.6 is 24.8 Å². The van der Waals surface area contributed by atoms with Crippen molar-refractivity contribution in [2.24, 2.45) is 5.92 Å². The monoisotopic (exact) mass is 398 g/mol. The van der Waals surface area contributed by atoms with Gasteiger partial charge in [0, 0.05) is 32.2 Å². The van der Waals surface area contributed by atoms with E-state index in [-0.39, 0.29) is 24.8 Å². The molecule has 2 aromatic carbocycles. The highest BCUT2D eigenvalue weighted by Gasteiger charge is 2.22. The van der Waals surface area contributed by atoms with Crippen molar-refractivity contribution in [2.45, 2.75) is 32.7 Å². The Kier molecular flexibility index (Phi) is 9.73. The van der Waals surface area contributed by atoms with Crippen LogP contribution in [0.25, 0.3) is 10.8 Å². The van der Waals surface area contributed by atoms with Crippen molar-refractivity contribution in [1.29, 1.82) is 0 Å². The molecular formula is C21H32Cl2N2O. The number of halogens is 2. The molecule has 3 nitrogen and oxygen atoms in total. The number of fused-ring (bicyclic) bond motifs is 1. The van der Waals surface area contributed by atoms with Gasteiger partial charge in [-0.3, -0.25) is 4.90 Å². The lowest BCUT2D eigenvalue weighted by molar-refractivity contribution is 0.160. The number of nitrogens with zero attached hydrogens (tertiary/aromatic N) is 1. The molecule has 1 fully saturated rings. The summed E-state index contributed by atoms with van der Waals surface area (Å²) in [6.45, 7) is 9.13. The van der Waals surface area contributed by atoms with Crippen LogP contribution in [0.3, 0.4) is 0 Å². The van der Waals surface area contributed by atoms with Crippen LogP contribution in [-0.2, 0) is 0 Å². The van der Waals surface area contributed by atoms with Crippen molar-refractivity contribution in [3.05, 3.63) is 42.0 Å². The number of hydrogen-bond acceptors (Lipinski definition) is 3. The van der Waals surface area contributed by atoms with Gasteiger partial charge in [-0.2, -0.15) is 0 Å². The predicted molar refractivity (Wildman–Crippen MR) is 116 cm³/mol. The highest BCUT2D eigenvalue weighted by atomic mass is 35.5. The lowest BCUT2D eigenvalue weighted by atomic mass is 9.94. The van der Waals surface area contributed by atoms with Gasteiger partial charge in [-0.05, 0) is 53.3 Å². The molecule has 0 saturated carbocycles. The first-order chi connectivity index (χ1) is 11.7. The Labute approximate surface area is 170 Å².